The minimum atomic E-state index is 0.143. The van der Waals surface area contributed by atoms with Crippen LogP contribution in [0.25, 0.3) is 0 Å². The summed E-state index contributed by atoms with van der Waals surface area (Å²) in [5.74, 6) is 0. The normalized spacial score (nSPS) is 18.3. The van der Waals surface area contributed by atoms with Gasteiger partial charge in [-0.25, -0.2) is 0 Å². The first-order valence-corrected chi connectivity index (χ1v) is 6.14. The number of nitrogens with one attached hydrogen (secondary N) is 1. The van der Waals surface area contributed by atoms with E-state index >= 15 is 0 Å². The van der Waals surface area contributed by atoms with Gasteiger partial charge in [-0.05, 0) is 48.8 Å². The van der Waals surface area contributed by atoms with Crippen molar-refractivity contribution in [3.05, 3.63) is 22.7 Å². The molecule has 1 N–H and O–H groups in total. The van der Waals surface area contributed by atoms with E-state index in [0.717, 1.165) is 13.1 Å². The summed E-state index contributed by atoms with van der Waals surface area (Å²) in [7, 11) is 0. The number of nitrogens with zero attached hydrogens (tertiary/aromatic N) is 1. The van der Waals surface area contributed by atoms with Crippen LogP contribution in [0.5, 0.6) is 0 Å². The number of halogens is 1. The lowest BCUT2D eigenvalue weighted by atomic mass is 9.99. The van der Waals surface area contributed by atoms with Gasteiger partial charge in [-0.3, -0.25) is 0 Å². The number of rotatable bonds is 1. The molecule has 1 aliphatic rings. The molecular formula is C12H17BrN2. The Kier molecular flexibility index (Phi) is 2.67. The fourth-order valence-corrected chi connectivity index (χ4v) is 2.78. The quantitative estimate of drug-likeness (QED) is 0.839. The largest absolute Gasteiger partial charge is 0.377 e. The van der Waals surface area contributed by atoms with Gasteiger partial charge in [-0.15, -0.1) is 0 Å². The van der Waals surface area contributed by atoms with E-state index in [2.05, 4.69) is 65.1 Å². The zero-order chi connectivity index (χ0) is 11.1. The standard InChI is InChI=1S/C12H17BrN2/c1-4-15-8-12(2,3)14-10-7-5-6-9(13)11(10)15/h5-7,14H,4,8H2,1-3H3. The van der Waals surface area contributed by atoms with Gasteiger partial charge < -0.3 is 10.2 Å². The fraction of sp³-hybridized carbons (Fsp3) is 0.500. The third-order valence-electron chi connectivity index (χ3n) is 2.74. The van der Waals surface area contributed by atoms with Crippen molar-refractivity contribution in [3.63, 3.8) is 0 Å². The molecule has 0 saturated carbocycles. The van der Waals surface area contributed by atoms with E-state index in [1.807, 2.05) is 0 Å². The first-order valence-electron chi connectivity index (χ1n) is 5.35. The van der Waals surface area contributed by atoms with Gasteiger partial charge in [0.15, 0.2) is 0 Å². The molecule has 0 amide bonds. The number of benzene rings is 1. The van der Waals surface area contributed by atoms with E-state index in [9.17, 15) is 0 Å². The van der Waals surface area contributed by atoms with Gasteiger partial charge in [0, 0.05) is 23.1 Å². The van der Waals surface area contributed by atoms with Crippen LogP contribution < -0.4 is 10.2 Å². The van der Waals surface area contributed by atoms with E-state index < -0.39 is 0 Å². The number of fused-ring (bicyclic) bond motifs is 1. The van der Waals surface area contributed by atoms with Crippen molar-refractivity contribution in [2.45, 2.75) is 26.3 Å². The summed E-state index contributed by atoms with van der Waals surface area (Å²) in [5, 5.41) is 3.57. The van der Waals surface area contributed by atoms with Gasteiger partial charge in [0.1, 0.15) is 0 Å². The molecule has 3 heteroatoms. The minimum absolute atomic E-state index is 0.143. The smallest absolute Gasteiger partial charge is 0.0747 e. The maximum absolute atomic E-state index is 3.62. The van der Waals surface area contributed by atoms with Crippen LogP contribution in [0.3, 0.4) is 0 Å². The molecule has 0 unspecified atom stereocenters. The predicted molar refractivity (Wildman–Crippen MR) is 69.7 cm³/mol. The molecule has 0 aromatic heterocycles. The molecular weight excluding hydrogens is 252 g/mol. The lowest BCUT2D eigenvalue weighted by Gasteiger charge is -2.42. The van der Waals surface area contributed by atoms with Crippen molar-refractivity contribution in [2.75, 3.05) is 23.3 Å². The molecule has 2 rings (SSSR count). The van der Waals surface area contributed by atoms with Crippen LogP contribution in [0.2, 0.25) is 0 Å². The SMILES string of the molecule is CCN1CC(C)(C)Nc2cccc(Br)c21. The Morgan fingerprint density at radius 3 is 2.87 bits per heavy atom. The van der Waals surface area contributed by atoms with Crippen molar-refractivity contribution in [1.82, 2.24) is 0 Å². The van der Waals surface area contributed by atoms with Crippen LogP contribution in [-0.2, 0) is 0 Å². The first-order chi connectivity index (χ1) is 7.03. The molecule has 0 atom stereocenters. The maximum atomic E-state index is 3.62. The van der Waals surface area contributed by atoms with Crippen LogP contribution in [0.1, 0.15) is 20.8 Å². The predicted octanol–water partition coefficient (Wildman–Crippen LogP) is 3.48. The van der Waals surface area contributed by atoms with Crippen LogP contribution >= 0.6 is 15.9 Å². The molecule has 0 aliphatic carbocycles. The van der Waals surface area contributed by atoms with E-state index in [-0.39, 0.29) is 5.54 Å². The van der Waals surface area contributed by atoms with E-state index in [1.165, 1.54) is 15.8 Å². The Balaban J connectivity index is 2.49. The summed E-state index contributed by atoms with van der Waals surface area (Å²) >= 11 is 3.62. The van der Waals surface area contributed by atoms with Crippen LogP contribution in [-0.4, -0.2) is 18.6 Å². The first kappa shape index (κ1) is 10.8. The third-order valence-corrected chi connectivity index (χ3v) is 3.38. The Labute approximate surface area is 99.8 Å². The molecule has 0 spiro atoms. The summed E-state index contributed by atoms with van der Waals surface area (Å²) in [6, 6.07) is 6.32. The van der Waals surface area contributed by atoms with Gasteiger partial charge >= 0.3 is 0 Å². The average Bonchev–Trinajstić information content (AvgIpc) is 2.15. The number of hydrogen-bond donors (Lipinski definition) is 1. The highest BCUT2D eigenvalue weighted by atomic mass is 79.9. The van der Waals surface area contributed by atoms with Gasteiger partial charge in [0.05, 0.1) is 11.4 Å². The average molecular weight is 269 g/mol. The Morgan fingerprint density at radius 2 is 2.20 bits per heavy atom. The summed E-state index contributed by atoms with van der Waals surface area (Å²) in [5.41, 5.74) is 2.66. The van der Waals surface area contributed by atoms with Crippen molar-refractivity contribution in [3.8, 4) is 0 Å². The van der Waals surface area contributed by atoms with E-state index in [4.69, 9.17) is 0 Å². The van der Waals surface area contributed by atoms with Crippen LogP contribution in [0.15, 0.2) is 22.7 Å². The van der Waals surface area contributed by atoms with E-state index in [1.54, 1.807) is 0 Å². The molecule has 82 valence electrons. The summed E-state index contributed by atoms with van der Waals surface area (Å²) < 4.78 is 1.17. The highest BCUT2D eigenvalue weighted by Gasteiger charge is 2.29. The molecule has 0 bridgehead atoms. The lowest BCUT2D eigenvalue weighted by Crippen LogP contribution is -2.48. The second-order valence-electron chi connectivity index (χ2n) is 4.66. The molecule has 1 heterocycles. The van der Waals surface area contributed by atoms with Crippen molar-refractivity contribution < 1.29 is 0 Å². The second-order valence-corrected chi connectivity index (χ2v) is 5.51. The van der Waals surface area contributed by atoms with Gasteiger partial charge in [-0.2, -0.15) is 0 Å². The summed E-state index contributed by atoms with van der Waals surface area (Å²) in [6.45, 7) is 8.75. The minimum Gasteiger partial charge on any atom is -0.377 e. The summed E-state index contributed by atoms with van der Waals surface area (Å²) in [6.07, 6.45) is 0. The number of para-hydroxylation sites is 1. The molecule has 1 aliphatic heterocycles. The van der Waals surface area contributed by atoms with Crippen molar-refractivity contribution >= 4 is 27.3 Å². The van der Waals surface area contributed by atoms with Gasteiger partial charge in [-0.1, -0.05) is 6.07 Å². The van der Waals surface area contributed by atoms with E-state index in [0.29, 0.717) is 0 Å². The summed E-state index contributed by atoms with van der Waals surface area (Å²) in [4.78, 5) is 2.41. The molecule has 2 nitrogen and oxygen atoms in total. The van der Waals surface area contributed by atoms with Gasteiger partial charge in [0.2, 0.25) is 0 Å². The van der Waals surface area contributed by atoms with Crippen molar-refractivity contribution in [2.24, 2.45) is 0 Å². The topological polar surface area (TPSA) is 15.3 Å². The highest BCUT2D eigenvalue weighted by molar-refractivity contribution is 9.10. The molecule has 0 fully saturated rings. The third kappa shape index (κ3) is 1.98. The molecule has 0 saturated heterocycles. The lowest BCUT2D eigenvalue weighted by molar-refractivity contribution is 0.536. The number of hydrogen-bond acceptors (Lipinski definition) is 2. The molecule has 15 heavy (non-hydrogen) atoms. The molecule has 1 aromatic carbocycles. The zero-order valence-corrected chi connectivity index (χ0v) is 11.1. The maximum Gasteiger partial charge on any atom is 0.0747 e. The Bertz CT molecular complexity index is 374. The van der Waals surface area contributed by atoms with Crippen molar-refractivity contribution in [1.29, 1.82) is 0 Å². The Hall–Kier alpha value is -0.700. The molecule has 0 radical (unpaired) electrons. The Morgan fingerprint density at radius 1 is 1.47 bits per heavy atom. The monoisotopic (exact) mass is 268 g/mol. The molecule has 1 aromatic rings. The van der Waals surface area contributed by atoms with Gasteiger partial charge in [0.25, 0.3) is 0 Å². The number of likely N-dealkylation sites (N-methyl/N-ethyl adjacent to an activating group) is 1. The van der Waals surface area contributed by atoms with Crippen LogP contribution in [0, 0.1) is 0 Å². The zero-order valence-electron chi connectivity index (χ0n) is 9.47. The second kappa shape index (κ2) is 3.71. The fourth-order valence-electron chi connectivity index (χ4n) is 2.17. The van der Waals surface area contributed by atoms with Crippen LogP contribution in [0.4, 0.5) is 11.4 Å². The highest BCUT2D eigenvalue weighted by Crippen LogP contribution is 2.39. The number of anilines is 2.